The van der Waals surface area contributed by atoms with Gasteiger partial charge in [-0.15, -0.1) is 23.7 Å². The number of likely N-dealkylation sites (tertiary alicyclic amines) is 1. The summed E-state index contributed by atoms with van der Waals surface area (Å²) in [5, 5.41) is 3.68. The zero-order chi connectivity index (χ0) is 16.2. The molecule has 2 aliphatic rings. The molecule has 0 unspecified atom stereocenters. The number of nitrogens with one attached hydrogen (secondary N) is 1. The van der Waals surface area contributed by atoms with E-state index in [9.17, 15) is 4.79 Å². The molecular weight excluding hydrogens is 340 g/mol. The van der Waals surface area contributed by atoms with Gasteiger partial charge in [0.15, 0.2) is 0 Å². The van der Waals surface area contributed by atoms with E-state index in [1.54, 1.807) is 0 Å². The van der Waals surface area contributed by atoms with Gasteiger partial charge in [0.05, 0.1) is 0 Å². The predicted molar refractivity (Wildman–Crippen MR) is 104 cm³/mol. The molecule has 24 heavy (non-hydrogen) atoms. The number of thiophene rings is 1. The number of nitrogens with zero attached hydrogens (tertiary/aromatic N) is 1. The quantitative estimate of drug-likeness (QED) is 0.783. The largest absolute Gasteiger partial charge is 0.343 e. The second-order valence-corrected chi connectivity index (χ2v) is 8.76. The van der Waals surface area contributed by atoms with Gasteiger partial charge >= 0.3 is 0 Å². The Morgan fingerprint density at radius 1 is 1.25 bits per heavy atom. The van der Waals surface area contributed by atoms with Crippen LogP contribution in [0.15, 0.2) is 6.07 Å². The van der Waals surface area contributed by atoms with Crippen LogP contribution in [0.5, 0.6) is 0 Å². The summed E-state index contributed by atoms with van der Waals surface area (Å²) in [6, 6.07) is 2.91. The highest BCUT2D eigenvalue weighted by Crippen LogP contribution is 2.28. The summed E-state index contributed by atoms with van der Waals surface area (Å²) >= 11 is 1.87. The third-order valence-corrected chi connectivity index (χ3v) is 6.23. The molecule has 1 saturated heterocycles. The van der Waals surface area contributed by atoms with Crippen LogP contribution in [0.4, 0.5) is 0 Å². The topological polar surface area (TPSA) is 32.3 Å². The molecule has 1 saturated carbocycles. The Kier molecular flexibility index (Phi) is 7.58. The number of hydrogen-bond donors (Lipinski definition) is 1. The molecule has 3 nitrogen and oxygen atoms in total. The Labute approximate surface area is 156 Å². The van der Waals surface area contributed by atoms with E-state index in [0.717, 1.165) is 44.7 Å². The van der Waals surface area contributed by atoms with Crippen molar-refractivity contribution < 1.29 is 4.79 Å². The number of halogens is 1. The summed E-state index contributed by atoms with van der Waals surface area (Å²) in [5.74, 6) is 1.30. The van der Waals surface area contributed by atoms with E-state index in [2.05, 4.69) is 30.1 Å². The van der Waals surface area contributed by atoms with Crippen molar-refractivity contribution in [2.75, 3.05) is 19.6 Å². The Morgan fingerprint density at radius 3 is 2.54 bits per heavy atom. The van der Waals surface area contributed by atoms with Gasteiger partial charge in [0, 0.05) is 35.3 Å². The van der Waals surface area contributed by atoms with E-state index >= 15 is 0 Å². The summed E-state index contributed by atoms with van der Waals surface area (Å²) in [5.41, 5.74) is 1.43. The van der Waals surface area contributed by atoms with Crippen molar-refractivity contribution in [3.8, 4) is 0 Å². The molecule has 1 aromatic heterocycles. The van der Waals surface area contributed by atoms with Crippen molar-refractivity contribution >= 4 is 29.7 Å². The number of amides is 1. The Hall–Kier alpha value is -0.580. The molecule has 0 aromatic carbocycles. The lowest BCUT2D eigenvalue weighted by Gasteiger charge is -2.32. The van der Waals surface area contributed by atoms with Crippen molar-refractivity contribution in [2.45, 2.75) is 64.8 Å². The number of carbonyl (C=O) groups is 1. The first-order valence-electron chi connectivity index (χ1n) is 9.19. The third kappa shape index (κ3) is 5.75. The highest BCUT2D eigenvalue weighted by molar-refractivity contribution is 7.12. The van der Waals surface area contributed by atoms with Gasteiger partial charge in [-0.1, -0.05) is 0 Å². The van der Waals surface area contributed by atoms with Gasteiger partial charge in [0.1, 0.15) is 0 Å². The third-order valence-electron chi connectivity index (χ3n) is 5.22. The van der Waals surface area contributed by atoms with E-state index in [1.807, 2.05) is 11.3 Å². The molecule has 2 fully saturated rings. The molecule has 1 N–H and O–H groups in total. The second kappa shape index (κ2) is 9.21. The maximum atomic E-state index is 12.4. The average molecular weight is 371 g/mol. The van der Waals surface area contributed by atoms with Gasteiger partial charge in [0.25, 0.3) is 0 Å². The number of aryl methyl sites for hydroxylation is 3. The summed E-state index contributed by atoms with van der Waals surface area (Å²) < 4.78 is 0. The zero-order valence-corrected chi connectivity index (χ0v) is 16.6. The van der Waals surface area contributed by atoms with Crippen LogP contribution in [0.3, 0.4) is 0 Å². The Balaban J connectivity index is 0.00000208. The fourth-order valence-corrected chi connectivity index (χ4v) is 4.48. The molecule has 3 rings (SSSR count). The van der Waals surface area contributed by atoms with Crippen LogP contribution in [-0.4, -0.2) is 36.5 Å². The molecule has 136 valence electrons. The van der Waals surface area contributed by atoms with Gasteiger partial charge in [-0.3, -0.25) is 4.79 Å². The average Bonchev–Trinajstić information content (AvgIpc) is 3.31. The number of piperidine rings is 1. The fourth-order valence-electron chi connectivity index (χ4n) is 3.51. The molecule has 1 aliphatic heterocycles. The highest BCUT2D eigenvalue weighted by atomic mass is 35.5. The SMILES string of the molecule is Cc1cc(CCCC(=O)N2CCC(NCC3CC3)CC2)c(C)s1.Cl. The first-order valence-corrected chi connectivity index (χ1v) is 10.0. The molecule has 0 atom stereocenters. The van der Waals surface area contributed by atoms with Crippen LogP contribution in [0.25, 0.3) is 0 Å². The number of rotatable bonds is 7. The van der Waals surface area contributed by atoms with Crippen molar-refractivity contribution in [2.24, 2.45) is 5.92 Å². The lowest BCUT2D eigenvalue weighted by Crippen LogP contribution is -2.45. The van der Waals surface area contributed by atoms with E-state index in [-0.39, 0.29) is 12.4 Å². The van der Waals surface area contributed by atoms with Gasteiger partial charge in [-0.2, -0.15) is 0 Å². The lowest BCUT2D eigenvalue weighted by atomic mass is 10.0. The van der Waals surface area contributed by atoms with Crippen molar-refractivity contribution in [1.82, 2.24) is 10.2 Å². The normalized spacial score (nSPS) is 18.5. The predicted octanol–water partition coefficient (Wildman–Crippen LogP) is 4.10. The number of carbonyl (C=O) groups excluding carboxylic acids is 1. The zero-order valence-electron chi connectivity index (χ0n) is 15.0. The molecule has 1 aliphatic carbocycles. The summed E-state index contributed by atoms with van der Waals surface area (Å²) in [7, 11) is 0. The van der Waals surface area contributed by atoms with E-state index in [4.69, 9.17) is 0 Å². The monoisotopic (exact) mass is 370 g/mol. The minimum absolute atomic E-state index is 0. The second-order valence-electron chi connectivity index (χ2n) is 7.30. The van der Waals surface area contributed by atoms with Gasteiger partial charge in [-0.25, -0.2) is 0 Å². The molecule has 0 spiro atoms. The van der Waals surface area contributed by atoms with Gasteiger partial charge < -0.3 is 10.2 Å². The van der Waals surface area contributed by atoms with Crippen LogP contribution in [0.1, 0.15) is 53.8 Å². The maximum absolute atomic E-state index is 12.4. The standard InChI is InChI=1S/C19H30N2OS.ClH/c1-14-12-17(15(2)23-14)4-3-5-19(22)21-10-8-18(9-11-21)20-13-16-6-7-16;/h12,16,18,20H,3-11,13H2,1-2H3;1H. The molecular formula is C19H31ClN2OS. The van der Waals surface area contributed by atoms with Crippen molar-refractivity contribution in [3.63, 3.8) is 0 Å². The van der Waals surface area contributed by atoms with Crippen LogP contribution >= 0.6 is 23.7 Å². The first kappa shape index (κ1) is 19.7. The maximum Gasteiger partial charge on any atom is 0.222 e. The molecule has 2 heterocycles. The summed E-state index contributed by atoms with van der Waals surface area (Å²) in [4.78, 5) is 17.2. The highest BCUT2D eigenvalue weighted by Gasteiger charge is 2.25. The van der Waals surface area contributed by atoms with Crippen LogP contribution in [0, 0.1) is 19.8 Å². The summed E-state index contributed by atoms with van der Waals surface area (Å²) in [6.45, 7) is 7.43. The van der Waals surface area contributed by atoms with E-state index in [0.29, 0.717) is 18.4 Å². The fraction of sp³-hybridized carbons (Fsp3) is 0.737. The molecule has 1 amide bonds. The lowest BCUT2D eigenvalue weighted by molar-refractivity contribution is -0.132. The minimum atomic E-state index is 0. The molecule has 1 aromatic rings. The van der Waals surface area contributed by atoms with Crippen LogP contribution in [0.2, 0.25) is 0 Å². The van der Waals surface area contributed by atoms with E-state index in [1.165, 1.54) is 34.7 Å². The van der Waals surface area contributed by atoms with Crippen LogP contribution < -0.4 is 5.32 Å². The Bertz CT molecular complexity index is 533. The minimum Gasteiger partial charge on any atom is -0.343 e. The molecule has 5 heteroatoms. The summed E-state index contributed by atoms with van der Waals surface area (Å²) in [6.07, 6.45) is 7.80. The van der Waals surface area contributed by atoms with Crippen molar-refractivity contribution in [1.29, 1.82) is 0 Å². The molecule has 0 bridgehead atoms. The Morgan fingerprint density at radius 2 is 1.96 bits per heavy atom. The first-order chi connectivity index (χ1) is 11.1. The number of hydrogen-bond acceptors (Lipinski definition) is 3. The van der Waals surface area contributed by atoms with Gasteiger partial charge in [0.2, 0.25) is 5.91 Å². The van der Waals surface area contributed by atoms with Gasteiger partial charge in [-0.05, 0) is 76.5 Å². The van der Waals surface area contributed by atoms with Crippen molar-refractivity contribution in [3.05, 3.63) is 21.4 Å². The molecule has 0 radical (unpaired) electrons. The smallest absolute Gasteiger partial charge is 0.222 e. The van der Waals surface area contributed by atoms with E-state index < -0.39 is 0 Å². The van der Waals surface area contributed by atoms with Crippen LogP contribution in [-0.2, 0) is 11.2 Å².